The first-order valence-corrected chi connectivity index (χ1v) is 10.0. The summed E-state index contributed by atoms with van der Waals surface area (Å²) in [6.07, 6.45) is 1.67. The van der Waals surface area contributed by atoms with Crippen LogP contribution in [0.2, 0.25) is 0 Å². The minimum absolute atomic E-state index is 0.219. The zero-order valence-corrected chi connectivity index (χ0v) is 16.5. The molecule has 2 aliphatic rings. The number of benzene rings is 1. The van der Waals surface area contributed by atoms with Crippen LogP contribution in [-0.2, 0) is 17.7 Å². The zero-order valence-electron chi connectivity index (χ0n) is 16.5. The molecule has 0 aliphatic carbocycles. The highest BCUT2D eigenvalue weighted by Crippen LogP contribution is 2.19. The van der Waals surface area contributed by atoms with Gasteiger partial charge in [-0.2, -0.15) is 0 Å². The minimum Gasteiger partial charge on any atom is -0.390 e. The van der Waals surface area contributed by atoms with E-state index in [9.17, 15) is 9.90 Å². The number of aromatic nitrogens is 2. The molecule has 0 saturated carbocycles. The molecular weight excluding hydrogens is 370 g/mol. The first kappa shape index (κ1) is 19.8. The molecule has 2 aromatic rings. The predicted molar refractivity (Wildman–Crippen MR) is 109 cm³/mol. The van der Waals surface area contributed by atoms with Gasteiger partial charge in [0, 0.05) is 25.7 Å². The molecule has 2 atom stereocenters. The molecular formula is C21H27N5O3. The number of fused-ring (bicyclic) bond motifs is 1. The van der Waals surface area contributed by atoms with Gasteiger partial charge in [-0.15, -0.1) is 0 Å². The van der Waals surface area contributed by atoms with Crippen LogP contribution in [0.15, 0.2) is 36.7 Å². The fourth-order valence-corrected chi connectivity index (χ4v) is 3.60. The molecule has 1 fully saturated rings. The van der Waals surface area contributed by atoms with Crippen molar-refractivity contribution in [3.05, 3.63) is 53.5 Å². The van der Waals surface area contributed by atoms with Crippen LogP contribution >= 0.6 is 0 Å². The second-order valence-electron chi connectivity index (χ2n) is 7.75. The van der Waals surface area contributed by atoms with E-state index in [1.807, 2.05) is 13.0 Å². The molecule has 0 bridgehead atoms. The third-order valence-corrected chi connectivity index (χ3v) is 5.48. The van der Waals surface area contributed by atoms with E-state index in [1.165, 1.54) is 17.5 Å². The predicted octanol–water partition coefficient (Wildman–Crippen LogP) is 0.825. The topological polar surface area (TPSA) is 99.6 Å². The quantitative estimate of drug-likeness (QED) is 0.636. The number of ether oxygens (including phenoxy) is 1. The maximum atomic E-state index is 12.6. The monoisotopic (exact) mass is 397 g/mol. The van der Waals surface area contributed by atoms with Crippen molar-refractivity contribution >= 4 is 11.7 Å². The van der Waals surface area contributed by atoms with Gasteiger partial charge in [0.15, 0.2) is 0 Å². The Kier molecular flexibility index (Phi) is 6.03. The number of carbonyl (C=O) groups excluding carboxylic acids is 1. The SMILES string of the molecule is CC(NC(=O)c1cc(NC2COC2)ncn1)[C@@H](O)CN1CCc2ccccc2C1. The van der Waals surface area contributed by atoms with Gasteiger partial charge in [-0.1, -0.05) is 24.3 Å². The number of rotatable bonds is 7. The van der Waals surface area contributed by atoms with Gasteiger partial charge in [0.05, 0.1) is 31.4 Å². The molecule has 1 amide bonds. The first-order chi connectivity index (χ1) is 14.1. The van der Waals surface area contributed by atoms with Crippen molar-refractivity contribution in [1.29, 1.82) is 0 Å². The van der Waals surface area contributed by atoms with Crippen LogP contribution in [0.4, 0.5) is 5.82 Å². The molecule has 1 aromatic carbocycles. The number of hydrogen-bond acceptors (Lipinski definition) is 7. The van der Waals surface area contributed by atoms with Crippen molar-refractivity contribution < 1.29 is 14.6 Å². The number of nitrogens with one attached hydrogen (secondary N) is 2. The van der Waals surface area contributed by atoms with Crippen LogP contribution in [0, 0.1) is 0 Å². The van der Waals surface area contributed by atoms with Crippen molar-refractivity contribution in [2.24, 2.45) is 0 Å². The van der Waals surface area contributed by atoms with E-state index in [0.29, 0.717) is 25.6 Å². The number of amides is 1. The highest BCUT2D eigenvalue weighted by atomic mass is 16.5. The largest absolute Gasteiger partial charge is 0.390 e. The molecule has 3 N–H and O–H groups in total. The van der Waals surface area contributed by atoms with Gasteiger partial charge >= 0.3 is 0 Å². The Balaban J connectivity index is 1.30. The van der Waals surface area contributed by atoms with Crippen LogP contribution in [0.25, 0.3) is 0 Å². The molecule has 8 heteroatoms. The third kappa shape index (κ3) is 4.90. The van der Waals surface area contributed by atoms with Crippen LogP contribution in [-0.4, -0.2) is 70.4 Å². The molecule has 0 radical (unpaired) electrons. The smallest absolute Gasteiger partial charge is 0.270 e. The van der Waals surface area contributed by atoms with E-state index >= 15 is 0 Å². The Bertz CT molecular complexity index is 858. The highest BCUT2D eigenvalue weighted by molar-refractivity contribution is 5.93. The van der Waals surface area contributed by atoms with Crippen LogP contribution < -0.4 is 10.6 Å². The zero-order chi connectivity index (χ0) is 20.2. The number of carbonyl (C=O) groups is 1. The lowest BCUT2D eigenvalue weighted by Gasteiger charge is -2.32. The summed E-state index contributed by atoms with van der Waals surface area (Å²) in [5.74, 6) is 0.273. The summed E-state index contributed by atoms with van der Waals surface area (Å²) in [5, 5.41) is 16.7. The molecule has 1 aromatic heterocycles. The highest BCUT2D eigenvalue weighted by Gasteiger charge is 2.24. The van der Waals surface area contributed by atoms with Crippen molar-refractivity contribution in [2.75, 3.05) is 31.6 Å². The number of anilines is 1. The maximum absolute atomic E-state index is 12.6. The average molecular weight is 397 g/mol. The van der Waals surface area contributed by atoms with E-state index in [-0.39, 0.29) is 17.6 Å². The first-order valence-electron chi connectivity index (χ1n) is 10.0. The van der Waals surface area contributed by atoms with Crippen LogP contribution in [0.5, 0.6) is 0 Å². The Morgan fingerprint density at radius 2 is 2.10 bits per heavy atom. The molecule has 4 rings (SSSR count). The summed E-state index contributed by atoms with van der Waals surface area (Å²) < 4.78 is 5.13. The normalized spacial score (nSPS) is 19.0. The fraction of sp³-hybridized carbons (Fsp3) is 0.476. The van der Waals surface area contributed by atoms with E-state index in [1.54, 1.807) is 6.07 Å². The number of nitrogens with zero attached hydrogens (tertiary/aromatic N) is 3. The number of aliphatic hydroxyl groups is 1. The molecule has 154 valence electrons. The maximum Gasteiger partial charge on any atom is 0.270 e. The van der Waals surface area contributed by atoms with Crippen molar-refractivity contribution in [2.45, 2.75) is 38.1 Å². The number of hydrogen-bond donors (Lipinski definition) is 3. The van der Waals surface area contributed by atoms with Crippen molar-refractivity contribution in [1.82, 2.24) is 20.2 Å². The summed E-state index contributed by atoms with van der Waals surface area (Å²) in [6.45, 7) is 5.31. The Morgan fingerprint density at radius 1 is 1.31 bits per heavy atom. The fourth-order valence-electron chi connectivity index (χ4n) is 3.60. The lowest BCUT2D eigenvalue weighted by atomic mass is 9.99. The van der Waals surface area contributed by atoms with E-state index < -0.39 is 12.1 Å². The summed E-state index contributed by atoms with van der Waals surface area (Å²) in [4.78, 5) is 23.0. The lowest BCUT2D eigenvalue weighted by Crippen LogP contribution is -2.47. The molecule has 1 saturated heterocycles. The van der Waals surface area contributed by atoms with Crippen molar-refractivity contribution in [3.63, 3.8) is 0 Å². The van der Waals surface area contributed by atoms with Gasteiger partial charge in [-0.3, -0.25) is 9.69 Å². The van der Waals surface area contributed by atoms with Gasteiger partial charge in [0.1, 0.15) is 17.8 Å². The summed E-state index contributed by atoms with van der Waals surface area (Å²) >= 11 is 0. The van der Waals surface area contributed by atoms with E-state index in [4.69, 9.17) is 4.74 Å². The van der Waals surface area contributed by atoms with Crippen molar-refractivity contribution in [3.8, 4) is 0 Å². The average Bonchev–Trinajstić information content (AvgIpc) is 2.70. The second kappa shape index (κ2) is 8.86. The summed E-state index contributed by atoms with van der Waals surface area (Å²) in [5.41, 5.74) is 2.95. The Hall–Kier alpha value is -2.55. The van der Waals surface area contributed by atoms with E-state index in [2.05, 4.69) is 43.7 Å². The van der Waals surface area contributed by atoms with Gasteiger partial charge in [0.2, 0.25) is 0 Å². The summed E-state index contributed by atoms with van der Waals surface area (Å²) in [6, 6.07) is 9.85. The third-order valence-electron chi connectivity index (χ3n) is 5.48. The van der Waals surface area contributed by atoms with Crippen LogP contribution in [0.3, 0.4) is 0 Å². The lowest BCUT2D eigenvalue weighted by molar-refractivity contribution is 0.0209. The number of aliphatic hydroxyl groups excluding tert-OH is 1. The summed E-state index contributed by atoms with van der Waals surface area (Å²) in [7, 11) is 0. The molecule has 8 nitrogen and oxygen atoms in total. The van der Waals surface area contributed by atoms with Gasteiger partial charge in [-0.05, 0) is 24.5 Å². The Morgan fingerprint density at radius 3 is 2.86 bits per heavy atom. The molecule has 1 unspecified atom stereocenters. The molecule has 2 aliphatic heterocycles. The number of β-amino-alcohol motifs (C(OH)–C–C–N with tert-alkyl or cyclic N) is 1. The molecule has 3 heterocycles. The minimum atomic E-state index is -0.671. The standard InChI is InChI=1S/C21H27N5O3/c1-14(19(27)10-26-7-6-15-4-2-3-5-16(15)9-26)24-21(28)18-8-20(23-13-22-18)25-17-11-29-12-17/h2-5,8,13-14,17,19,27H,6-7,9-12H2,1H3,(H,24,28)(H,22,23,25)/t14?,19-/m0/s1. The second-order valence-corrected chi connectivity index (χ2v) is 7.75. The molecule has 0 spiro atoms. The Labute approximate surface area is 170 Å². The van der Waals surface area contributed by atoms with E-state index in [0.717, 1.165) is 19.5 Å². The van der Waals surface area contributed by atoms with Gasteiger partial charge in [-0.25, -0.2) is 9.97 Å². The van der Waals surface area contributed by atoms with Gasteiger partial charge in [0.25, 0.3) is 5.91 Å². The van der Waals surface area contributed by atoms with Gasteiger partial charge < -0.3 is 20.5 Å². The molecule has 29 heavy (non-hydrogen) atoms. The van der Waals surface area contributed by atoms with Crippen LogP contribution in [0.1, 0.15) is 28.5 Å².